The minimum absolute atomic E-state index is 0. The fourth-order valence-corrected chi connectivity index (χ4v) is 12.0. The Morgan fingerprint density at radius 2 is 0.357 bits per heavy atom. The zero-order valence-electron chi connectivity index (χ0n) is 28.6. The van der Waals surface area contributed by atoms with Crippen molar-refractivity contribution in [1.29, 1.82) is 0 Å². The van der Waals surface area contributed by atoms with E-state index in [0.717, 1.165) is 47.3 Å². The van der Waals surface area contributed by atoms with Gasteiger partial charge in [0.1, 0.15) is 0 Å². The van der Waals surface area contributed by atoms with Gasteiger partial charge in [-0.15, -0.1) is 0 Å². The average Bonchev–Trinajstić information content (AvgIpc) is 3.73. The van der Waals surface area contributed by atoms with E-state index in [0.29, 0.717) is 49.3 Å². The van der Waals surface area contributed by atoms with Crippen LogP contribution >= 0.6 is 0 Å². The average molecular weight is 569 g/mol. The molecule has 4 aliphatic carbocycles. The van der Waals surface area contributed by atoms with Gasteiger partial charge in [0.15, 0.2) is 0 Å². The molecule has 0 radical (unpaired) electrons. The van der Waals surface area contributed by atoms with Crippen molar-refractivity contribution in [2.45, 2.75) is 152 Å². The SMILES string of the molecule is C1CCC2C3NC(NC4NC(NC5NC(NC6NC(N3)C3CCCCC63)C3CCCCC53)C3CCCCC43)C2C1.[H-].[H-].[Li+].[Li+]. The largest absolute Gasteiger partial charge is 1.00 e. The van der Waals surface area contributed by atoms with Gasteiger partial charge >= 0.3 is 37.7 Å². The Balaban J connectivity index is 0.000000960. The summed E-state index contributed by atoms with van der Waals surface area (Å²) in [5.41, 5.74) is 0. The van der Waals surface area contributed by atoms with Crippen LogP contribution in [-0.4, -0.2) is 49.3 Å². The van der Waals surface area contributed by atoms with Crippen molar-refractivity contribution in [3.8, 4) is 0 Å². The van der Waals surface area contributed by atoms with Gasteiger partial charge in [-0.2, -0.15) is 0 Å². The molecule has 0 aromatic rings. The standard InChI is InChI=1S/C32H56N8.2Li.2H/c1-2-10-18-17(9-1)25-33-26(18)38-28-21-13-5-6-14-22(21)30(35-28)40-32-24-16-8-7-15-23(24)31(36-32)39-29-20-12-4-3-11-19(20)27(34-29)37-25;;;;/h17-40H,1-16H2;;;;/q;2*+1;2*-1. The molecule has 8 nitrogen and oxygen atoms in total. The molecule has 228 valence electrons. The first-order chi connectivity index (χ1) is 19.8. The quantitative estimate of drug-likeness (QED) is 0.145. The first kappa shape index (κ1) is 31.5. The summed E-state index contributed by atoms with van der Waals surface area (Å²) in [6.45, 7) is 0. The molecule has 42 heavy (non-hydrogen) atoms. The van der Waals surface area contributed by atoms with Gasteiger partial charge < -0.3 is 2.85 Å². The van der Waals surface area contributed by atoms with Crippen LogP contribution in [0.15, 0.2) is 0 Å². The van der Waals surface area contributed by atoms with Gasteiger partial charge in [0.25, 0.3) is 0 Å². The fourth-order valence-electron chi connectivity index (χ4n) is 12.0. The number of hydrogen-bond acceptors (Lipinski definition) is 8. The minimum Gasteiger partial charge on any atom is -1.00 e. The van der Waals surface area contributed by atoms with E-state index in [9.17, 15) is 0 Å². The van der Waals surface area contributed by atoms with Crippen LogP contribution < -0.4 is 80.3 Å². The molecule has 9 fully saturated rings. The van der Waals surface area contributed by atoms with E-state index >= 15 is 0 Å². The Labute approximate surface area is 281 Å². The second-order valence-electron chi connectivity index (χ2n) is 15.6. The first-order valence-corrected chi connectivity index (χ1v) is 17.9. The summed E-state index contributed by atoms with van der Waals surface area (Å²) in [4.78, 5) is 0. The molecule has 4 saturated carbocycles. The Kier molecular flexibility index (Phi) is 9.87. The van der Waals surface area contributed by atoms with Crippen LogP contribution in [0.4, 0.5) is 0 Å². The van der Waals surface area contributed by atoms with E-state index in [2.05, 4.69) is 42.5 Å². The second-order valence-corrected chi connectivity index (χ2v) is 15.6. The maximum absolute atomic E-state index is 4.26. The van der Waals surface area contributed by atoms with Crippen LogP contribution in [-0.2, 0) is 0 Å². The smallest absolute Gasteiger partial charge is 1.00 e. The molecule has 8 bridgehead atoms. The Morgan fingerprint density at radius 1 is 0.238 bits per heavy atom. The predicted molar refractivity (Wildman–Crippen MR) is 159 cm³/mol. The van der Waals surface area contributed by atoms with Gasteiger partial charge in [-0.05, 0) is 98.7 Å². The van der Waals surface area contributed by atoms with Crippen molar-refractivity contribution in [3.05, 3.63) is 0 Å². The number of nitrogens with one attached hydrogen (secondary N) is 8. The van der Waals surface area contributed by atoms with Crippen molar-refractivity contribution in [3.63, 3.8) is 0 Å². The van der Waals surface area contributed by atoms with Gasteiger partial charge in [-0.1, -0.05) is 51.4 Å². The summed E-state index contributed by atoms with van der Waals surface area (Å²) in [5.74, 6) is 5.97. The molecule has 0 spiro atoms. The van der Waals surface area contributed by atoms with Crippen molar-refractivity contribution in [2.24, 2.45) is 47.3 Å². The van der Waals surface area contributed by atoms with Gasteiger partial charge in [-0.3, -0.25) is 42.5 Å². The van der Waals surface area contributed by atoms with Crippen LogP contribution in [0, 0.1) is 47.3 Å². The minimum atomic E-state index is 0. The maximum Gasteiger partial charge on any atom is 1.00 e. The first-order valence-electron chi connectivity index (χ1n) is 17.9. The van der Waals surface area contributed by atoms with E-state index in [4.69, 9.17) is 0 Å². The number of rotatable bonds is 0. The third kappa shape index (κ3) is 5.48. The molecule has 9 rings (SSSR count). The molecular formula is C32H58Li2N8. The molecule has 10 heteroatoms. The Morgan fingerprint density at radius 3 is 0.476 bits per heavy atom. The van der Waals surface area contributed by atoms with Crippen molar-refractivity contribution in [1.82, 2.24) is 42.5 Å². The van der Waals surface area contributed by atoms with Gasteiger partial charge in [0.05, 0.1) is 49.3 Å². The summed E-state index contributed by atoms with van der Waals surface area (Å²) in [5, 5.41) is 33.8. The van der Waals surface area contributed by atoms with E-state index in [-0.39, 0.29) is 40.6 Å². The van der Waals surface area contributed by atoms with Gasteiger partial charge in [0, 0.05) is 0 Å². The normalized spacial score (nSPS) is 54.9. The molecule has 9 aliphatic rings. The van der Waals surface area contributed by atoms with Crippen molar-refractivity contribution in [2.75, 3.05) is 0 Å². The van der Waals surface area contributed by atoms with E-state index in [1.807, 2.05) is 0 Å². The summed E-state index contributed by atoms with van der Waals surface area (Å²) < 4.78 is 0. The van der Waals surface area contributed by atoms with Gasteiger partial charge in [0.2, 0.25) is 0 Å². The third-order valence-electron chi connectivity index (χ3n) is 13.8. The third-order valence-corrected chi connectivity index (χ3v) is 13.8. The summed E-state index contributed by atoms with van der Waals surface area (Å²) in [6.07, 6.45) is 25.6. The monoisotopic (exact) mass is 569 g/mol. The Hall–Kier alpha value is 0.875. The van der Waals surface area contributed by atoms with Crippen LogP contribution in [0.25, 0.3) is 0 Å². The number of fused-ring (bicyclic) bond motifs is 20. The predicted octanol–water partition coefficient (Wildman–Crippen LogP) is -3.16. The van der Waals surface area contributed by atoms with Crippen molar-refractivity contribution < 1.29 is 40.6 Å². The molecule has 0 aromatic carbocycles. The second kappa shape index (κ2) is 13.2. The Bertz CT molecular complexity index is 733. The molecule has 5 heterocycles. The number of hydrogen-bond donors (Lipinski definition) is 8. The molecule has 8 unspecified atom stereocenters. The van der Waals surface area contributed by atoms with E-state index in [1.165, 1.54) is 103 Å². The van der Waals surface area contributed by atoms with E-state index in [1.54, 1.807) is 0 Å². The molecule has 5 aliphatic heterocycles. The molecule has 5 saturated heterocycles. The molecule has 8 atom stereocenters. The van der Waals surface area contributed by atoms with Crippen LogP contribution in [0.3, 0.4) is 0 Å². The van der Waals surface area contributed by atoms with Crippen LogP contribution in [0.1, 0.15) is 106 Å². The van der Waals surface area contributed by atoms with Crippen LogP contribution in [0.5, 0.6) is 0 Å². The molecular weight excluding hydrogens is 510 g/mol. The zero-order chi connectivity index (χ0) is 26.2. The molecule has 0 aromatic heterocycles. The van der Waals surface area contributed by atoms with Gasteiger partial charge in [-0.25, -0.2) is 0 Å². The summed E-state index contributed by atoms with van der Waals surface area (Å²) in [6, 6.07) is 0. The summed E-state index contributed by atoms with van der Waals surface area (Å²) >= 11 is 0. The molecule has 8 N–H and O–H groups in total. The maximum atomic E-state index is 4.26. The topological polar surface area (TPSA) is 96.2 Å². The summed E-state index contributed by atoms with van der Waals surface area (Å²) in [7, 11) is 0. The van der Waals surface area contributed by atoms with Crippen LogP contribution in [0.2, 0.25) is 0 Å². The molecule has 0 amide bonds. The fraction of sp³-hybridized carbons (Fsp3) is 1.00. The van der Waals surface area contributed by atoms with E-state index < -0.39 is 0 Å². The zero-order valence-corrected chi connectivity index (χ0v) is 26.6. The van der Waals surface area contributed by atoms with Crippen molar-refractivity contribution >= 4 is 0 Å².